The first-order valence-electron chi connectivity index (χ1n) is 6.60. The van der Waals surface area contributed by atoms with Crippen LogP contribution >= 0.6 is 15.9 Å². The highest BCUT2D eigenvalue weighted by molar-refractivity contribution is 9.10. The van der Waals surface area contributed by atoms with Crippen molar-refractivity contribution >= 4 is 21.8 Å². The first-order valence-corrected chi connectivity index (χ1v) is 7.40. The molecule has 1 amide bonds. The third kappa shape index (κ3) is 1.90. The molecule has 3 heteroatoms. The monoisotopic (exact) mass is 317 g/mol. The third-order valence-electron chi connectivity index (χ3n) is 4.07. The molecule has 0 saturated carbocycles. The Morgan fingerprint density at radius 1 is 1.42 bits per heavy atom. The van der Waals surface area contributed by atoms with Crippen LogP contribution in [0.15, 0.2) is 28.7 Å². The summed E-state index contributed by atoms with van der Waals surface area (Å²) < 4.78 is 1.07. The Bertz CT molecular complexity index is 581. The van der Waals surface area contributed by atoms with Gasteiger partial charge in [0.2, 0.25) is 5.91 Å². The maximum Gasteiger partial charge on any atom is 0.225 e. The van der Waals surface area contributed by atoms with Gasteiger partial charge in [-0.15, -0.1) is 0 Å². The van der Waals surface area contributed by atoms with Crippen LogP contribution in [-0.2, 0) is 10.2 Å². The summed E-state index contributed by atoms with van der Waals surface area (Å²) in [6, 6.07) is 8.34. The zero-order chi connectivity index (χ0) is 13.6. The molecule has 2 aliphatic rings. The van der Waals surface area contributed by atoms with Gasteiger partial charge in [-0.1, -0.05) is 53.8 Å². The SMILES string of the molecule is CC(C)C(=O)N1C[C@H]2C#C[C@@]2(c2ccc(Br)cc2)C1. The molecule has 0 N–H and O–H groups in total. The van der Waals surface area contributed by atoms with Gasteiger partial charge in [0.15, 0.2) is 0 Å². The van der Waals surface area contributed by atoms with E-state index in [1.807, 2.05) is 30.9 Å². The summed E-state index contributed by atoms with van der Waals surface area (Å²) in [5, 5.41) is 0. The molecule has 1 aliphatic carbocycles. The van der Waals surface area contributed by atoms with Gasteiger partial charge in [-0.3, -0.25) is 4.79 Å². The Kier molecular flexibility index (Phi) is 2.94. The summed E-state index contributed by atoms with van der Waals surface area (Å²) >= 11 is 3.46. The predicted octanol–water partition coefficient (Wildman–Crippen LogP) is 2.82. The highest BCUT2D eigenvalue weighted by Crippen LogP contribution is 2.44. The molecule has 3 rings (SSSR count). The van der Waals surface area contributed by atoms with Crippen molar-refractivity contribution in [2.75, 3.05) is 13.1 Å². The normalized spacial score (nSPS) is 27.6. The van der Waals surface area contributed by atoms with Crippen LogP contribution in [0.5, 0.6) is 0 Å². The van der Waals surface area contributed by atoms with Crippen LogP contribution in [0.3, 0.4) is 0 Å². The van der Waals surface area contributed by atoms with Crippen LogP contribution in [0.1, 0.15) is 19.4 Å². The van der Waals surface area contributed by atoms with Crippen molar-refractivity contribution in [3.05, 3.63) is 34.3 Å². The number of carbonyl (C=O) groups excluding carboxylic acids is 1. The first-order chi connectivity index (χ1) is 9.03. The number of likely N-dealkylation sites (tertiary alicyclic amines) is 1. The minimum absolute atomic E-state index is 0.0551. The van der Waals surface area contributed by atoms with E-state index >= 15 is 0 Å². The molecule has 1 heterocycles. The molecule has 0 radical (unpaired) electrons. The molecule has 19 heavy (non-hydrogen) atoms. The number of fused-ring (bicyclic) bond motifs is 1. The molecule has 0 bridgehead atoms. The van der Waals surface area contributed by atoms with Gasteiger partial charge >= 0.3 is 0 Å². The quantitative estimate of drug-likeness (QED) is 0.768. The lowest BCUT2D eigenvalue weighted by molar-refractivity contribution is -0.133. The van der Waals surface area contributed by atoms with Crippen molar-refractivity contribution in [3.8, 4) is 11.8 Å². The molecule has 1 saturated heterocycles. The van der Waals surface area contributed by atoms with Gasteiger partial charge in [-0.2, -0.15) is 0 Å². The smallest absolute Gasteiger partial charge is 0.225 e. The average Bonchev–Trinajstić information content (AvgIpc) is 2.63. The lowest BCUT2D eigenvalue weighted by atomic mass is 9.67. The van der Waals surface area contributed by atoms with Gasteiger partial charge < -0.3 is 4.90 Å². The molecule has 1 aromatic rings. The Hall–Kier alpha value is -1.27. The zero-order valence-electron chi connectivity index (χ0n) is 11.1. The molecule has 1 aromatic carbocycles. The molecule has 2 atom stereocenters. The molecule has 0 spiro atoms. The van der Waals surface area contributed by atoms with Gasteiger partial charge in [0.25, 0.3) is 0 Å². The summed E-state index contributed by atoms with van der Waals surface area (Å²) in [5.41, 5.74) is 1.11. The molecular formula is C16H16BrNO. The molecule has 0 aromatic heterocycles. The molecule has 98 valence electrons. The minimum Gasteiger partial charge on any atom is -0.339 e. The number of rotatable bonds is 2. The van der Waals surface area contributed by atoms with E-state index in [0.717, 1.165) is 17.6 Å². The highest BCUT2D eigenvalue weighted by atomic mass is 79.9. The van der Waals surface area contributed by atoms with Crippen LogP contribution in [0.4, 0.5) is 0 Å². The summed E-state index contributed by atoms with van der Waals surface area (Å²) in [5.74, 6) is 7.14. The summed E-state index contributed by atoms with van der Waals surface area (Å²) in [6.07, 6.45) is 0. The third-order valence-corrected chi connectivity index (χ3v) is 4.60. The number of nitrogens with zero attached hydrogens (tertiary/aromatic N) is 1. The van der Waals surface area contributed by atoms with E-state index in [4.69, 9.17) is 0 Å². The summed E-state index contributed by atoms with van der Waals surface area (Å²) in [7, 11) is 0. The fraction of sp³-hybridized carbons (Fsp3) is 0.438. The van der Waals surface area contributed by atoms with E-state index in [1.54, 1.807) is 0 Å². The van der Waals surface area contributed by atoms with Crippen LogP contribution in [0.2, 0.25) is 0 Å². The summed E-state index contributed by atoms with van der Waals surface area (Å²) in [4.78, 5) is 14.1. The number of amides is 1. The molecule has 1 aliphatic heterocycles. The second-order valence-corrected chi connectivity index (χ2v) is 6.59. The maximum atomic E-state index is 12.2. The predicted molar refractivity (Wildman–Crippen MR) is 78.5 cm³/mol. The van der Waals surface area contributed by atoms with E-state index in [9.17, 15) is 4.79 Å². The molecule has 2 nitrogen and oxygen atoms in total. The minimum atomic E-state index is -0.120. The Morgan fingerprint density at radius 2 is 2.11 bits per heavy atom. The Morgan fingerprint density at radius 3 is 2.63 bits per heavy atom. The number of hydrogen-bond donors (Lipinski definition) is 0. The second kappa shape index (κ2) is 4.38. The van der Waals surface area contributed by atoms with E-state index < -0.39 is 0 Å². The highest BCUT2D eigenvalue weighted by Gasteiger charge is 2.51. The number of carbonyl (C=O) groups is 1. The number of halogens is 1. The van der Waals surface area contributed by atoms with Crippen molar-refractivity contribution in [1.82, 2.24) is 4.90 Å². The van der Waals surface area contributed by atoms with Crippen molar-refractivity contribution in [3.63, 3.8) is 0 Å². The molecule has 1 fully saturated rings. The van der Waals surface area contributed by atoms with Gasteiger partial charge in [0.05, 0.1) is 11.3 Å². The van der Waals surface area contributed by atoms with Crippen LogP contribution < -0.4 is 0 Å². The van der Waals surface area contributed by atoms with Crippen LogP contribution in [-0.4, -0.2) is 23.9 Å². The average molecular weight is 318 g/mol. The molecule has 0 unspecified atom stereocenters. The number of benzene rings is 1. The Balaban J connectivity index is 1.88. The van der Waals surface area contributed by atoms with Gasteiger partial charge in [0.1, 0.15) is 0 Å². The van der Waals surface area contributed by atoms with Gasteiger partial charge in [-0.05, 0) is 17.7 Å². The second-order valence-electron chi connectivity index (χ2n) is 5.67. The molecular weight excluding hydrogens is 302 g/mol. The largest absolute Gasteiger partial charge is 0.339 e. The van der Waals surface area contributed by atoms with E-state index in [0.29, 0.717) is 5.92 Å². The van der Waals surface area contributed by atoms with Crippen molar-refractivity contribution in [2.45, 2.75) is 19.3 Å². The Labute approximate surface area is 122 Å². The lowest BCUT2D eigenvalue weighted by Crippen LogP contribution is -2.39. The van der Waals surface area contributed by atoms with Crippen molar-refractivity contribution < 1.29 is 4.79 Å². The maximum absolute atomic E-state index is 12.2. The standard InChI is InChI=1S/C16H16BrNO/c1-11(2)15(19)18-9-13-7-8-16(13,10-18)12-3-5-14(17)6-4-12/h3-6,11,13H,9-10H2,1-2H3/t13-,16+/m1/s1. The summed E-state index contributed by atoms with van der Waals surface area (Å²) in [6.45, 7) is 5.43. The van der Waals surface area contributed by atoms with Gasteiger partial charge in [-0.25, -0.2) is 0 Å². The van der Waals surface area contributed by atoms with Crippen LogP contribution in [0, 0.1) is 23.7 Å². The fourth-order valence-corrected chi connectivity index (χ4v) is 3.19. The zero-order valence-corrected chi connectivity index (χ0v) is 12.7. The van der Waals surface area contributed by atoms with Crippen molar-refractivity contribution in [2.24, 2.45) is 11.8 Å². The number of hydrogen-bond acceptors (Lipinski definition) is 1. The first kappa shape index (κ1) is 12.7. The van der Waals surface area contributed by atoms with Gasteiger partial charge in [0, 0.05) is 23.5 Å². The topological polar surface area (TPSA) is 20.3 Å². The van der Waals surface area contributed by atoms with E-state index in [1.165, 1.54) is 5.56 Å². The lowest BCUT2D eigenvalue weighted by Gasteiger charge is -2.32. The van der Waals surface area contributed by atoms with E-state index in [-0.39, 0.29) is 17.2 Å². The fourth-order valence-electron chi connectivity index (χ4n) is 2.93. The van der Waals surface area contributed by atoms with Crippen molar-refractivity contribution in [1.29, 1.82) is 0 Å². The van der Waals surface area contributed by atoms with Crippen LogP contribution in [0.25, 0.3) is 0 Å². The van der Waals surface area contributed by atoms with E-state index in [2.05, 4.69) is 39.9 Å².